The highest BCUT2D eigenvalue weighted by Crippen LogP contribution is 2.19. The van der Waals surface area contributed by atoms with Gasteiger partial charge in [0.25, 0.3) is 0 Å². The second-order valence-corrected chi connectivity index (χ2v) is 3.91. The summed E-state index contributed by atoms with van der Waals surface area (Å²) in [6.07, 6.45) is 0.300. The number of aryl methyl sites for hydroxylation is 1. The molecule has 0 radical (unpaired) electrons. The van der Waals surface area contributed by atoms with Crippen LogP contribution in [0.2, 0.25) is 5.28 Å². The van der Waals surface area contributed by atoms with Gasteiger partial charge in [0.1, 0.15) is 0 Å². The smallest absolute Gasteiger partial charge is 0.307 e. The van der Waals surface area contributed by atoms with E-state index in [0.29, 0.717) is 24.9 Å². The molecule has 2 aromatic rings. The predicted molar refractivity (Wildman–Crippen MR) is 66.0 cm³/mol. The van der Waals surface area contributed by atoms with Crippen molar-refractivity contribution in [2.24, 2.45) is 0 Å². The number of hydrogen-bond donors (Lipinski definition) is 0. The fourth-order valence-corrected chi connectivity index (χ4v) is 1.96. The maximum Gasteiger partial charge on any atom is 0.307 e. The lowest BCUT2D eigenvalue weighted by Crippen LogP contribution is -2.09. The van der Waals surface area contributed by atoms with E-state index in [1.165, 1.54) is 0 Å². The van der Waals surface area contributed by atoms with Gasteiger partial charge in [-0.1, -0.05) is 12.1 Å². The summed E-state index contributed by atoms with van der Waals surface area (Å²) in [5.74, 6) is -0.221. The summed E-state index contributed by atoms with van der Waals surface area (Å²) in [6, 6.07) is 7.64. The summed E-state index contributed by atoms with van der Waals surface area (Å²) >= 11 is 6.03. The molecule has 1 aromatic carbocycles. The maximum atomic E-state index is 11.3. The number of esters is 1. The van der Waals surface area contributed by atoms with E-state index < -0.39 is 0 Å². The van der Waals surface area contributed by atoms with Crippen molar-refractivity contribution in [3.05, 3.63) is 29.5 Å². The topological polar surface area (TPSA) is 44.1 Å². The number of imidazole rings is 1. The summed E-state index contributed by atoms with van der Waals surface area (Å²) in [7, 11) is 0. The van der Waals surface area contributed by atoms with Crippen LogP contribution in [0.15, 0.2) is 24.3 Å². The van der Waals surface area contributed by atoms with Crippen LogP contribution in [0.4, 0.5) is 0 Å². The summed E-state index contributed by atoms with van der Waals surface area (Å²) in [5, 5.41) is 0.399. The van der Waals surface area contributed by atoms with Crippen LogP contribution < -0.4 is 0 Å². The van der Waals surface area contributed by atoms with E-state index in [0.717, 1.165) is 11.0 Å². The average molecular weight is 253 g/mol. The molecule has 0 spiro atoms. The van der Waals surface area contributed by atoms with Crippen LogP contribution in [-0.4, -0.2) is 22.1 Å². The molecule has 0 unspecified atom stereocenters. The molecule has 0 saturated carbocycles. The molecule has 0 aliphatic carbocycles. The van der Waals surface area contributed by atoms with Gasteiger partial charge in [0, 0.05) is 6.54 Å². The number of carbonyl (C=O) groups excluding carboxylic acids is 1. The van der Waals surface area contributed by atoms with Gasteiger partial charge in [0.15, 0.2) is 0 Å². The van der Waals surface area contributed by atoms with Crippen LogP contribution in [0.5, 0.6) is 0 Å². The van der Waals surface area contributed by atoms with Crippen molar-refractivity contribution in [3.63, 3.8) is 0 Å². The quantitative estimate of drug-likeness (QED) is 0.786. The third-order valence-electron chi connectivity index (χ3n) is 2.45. The van der Waals surface area contributed by atoms with Crippen LogP contribution in [0.1, 0.15) is 13.3 Å². The normalized spacial score (nSPS) is 10.7. The monoisotopic (exact) mass is 252 g/mol. The van der Waals surface area contributed by atoms with Gasteiger partial charge in [-0.25, -0.2) is 4.98 Å². The highest BCUT2D eigenvalue weighted by Gasteiger charge is 2.10. The second kappa shape index (κ2) is 5.19. The Morgan fingerprint density at radius 3 is 3.00 bits per heavy atom. The molecule has 4 nitrogen and oxygen atoms in total. The molecular weight excluding hydrogens is 240 g/mol. The molecule has 0 bridgehead atoms. The zero-order chi connectivity index (χ0) is 12.3. The Morgan fingerprint density at radius 2 is 2.24 bits per heavy atom. The first kappa shape index (κ1) is 11.9. The number of halogens is 1. The van der Waals surface area contributed by atoms with Crippen molar-refractivity contribution in [2.75, 3.05) is 6.61 Å². The molecule has 5 heteroatoms. The summed E-state index contributed by atoms with van der Waals surface area (Å²) < 4.78 is 6.69. The van der Waals surface area contributed by atoms with Crippen molar-refractivity contribution < 1.29 is 9.53 Å². The van der Waals surface area contributed by atoms with Crippen LogP contribution in [-0.2, 0) is 16.1 Å². The Balaban J connectivity index is 2.18. The number of para-hydroxylation sites is 2. The van der Waals surface area contributed by atoms with Crippen molar-refractivity contribution in [2.45, 2.75) is 19.9 Å². The molecule has 0 atom stereocenters. The molecule has 0 aliphatic heterocycles. The highest BCUT2D eigenvalue weighted by molar-refractivity contribution is 6.29. The number of aromatic nitrogens is 2. The molecule has 1 aromatic heterocycles. The molecule has 0 fully saturated rings. The summed E-state index contributed by atoms with van der Waals surface area (Å²) in [6.45, 7) is 2.67. The van der Waals surface area contributed by atoms with E-state index in [9.17, 15) is 4.79 Å². The minimum atomic E-state index is -0.221. The number of benzene rings is 1. The average Bonchev–Trinajstić information content (AvgIpc) is 2.62. The molecule has 0 amide bonds. The number of carbonyl (C=O) groups is 1. The van der Waals surface area contributed by atoms with Gasteiger partial charge < -0.3 is 9.30 Å². The Labute approximate surface area is 104 Å². The summed E-state index contributed by atoms with van der Waals surface area (Å²) in [5.41, 5.74) is 1.77. The van der Waals surface area contributed by atoms with Gasteiger partial charge in [-0.05, 0) is 30.7 Å². The first-order chi connectivity index (χ1) is 8.22. The lowest BCUT2D eigenvalue weighted by molar-refractivity contribution is -0.143. The first-order valence-corrected chi connectivity index (χ1v) is 5.86. The van der Waals surface area contributed by atoms with Crippen LogP contribution in [0.25, 0.3) is 11.0 Å². The Morgan fingerprint density at radius 1 is 1.47 bits per heavy atom. The van der Waals surface area contributed by atoms with Gasteiger partial charge in [-0.15, -0.1) is 0 Å². The fraction of sp³-hybridized carbons (Fsp3) is 0.333. The zero-order valence-corrected chi connectivity index (χ0v) is 10.3. The number of rotatable bonds is 4. The lowest BCUT2D eigenvalue weighted by Gasteiger charge is -2.05. The Kier molecular flexibility index (Phi) is 3.64. The lowest BCUT2D eigenvalue weighted by atomic mass is 10.3. The Bertz CT molecular complexity index is 536. The summed E-state index contributed by atoms with van der Waals surface area (Å²) in [4.78, 5) is 15.5. The number of hydrogen-bond acceptors (Lipinski definition) is 3. The minimum absolute atomic E-state index is 0.221. The molecule has 0 saturated heterocycles. The van der Waals surface area contributed by atoms with Gasteiger partial charge in [-0.3, -0.25) is 4.79 Å². The third kappa shape index (κ3) is 2.58. The van der Waals surface area contributed by atoms with Gasteiger partial charge in [-0.2, -0.15) is 0 Å². The molecule has 0 aliphatic rings. The molecule has 2 rings (SSSR count). The van der Waals surface area contributed by atoms with E-state index in [2.05, 4.69) is 4.98 Å². The van der Waals surface area contributed by atoms with Crippen LogP contribution in [0, 0.1) is 0 Å². The molecular formula is C12H13ClN2O2. The van der Waals surface area contributed by atoms with Gasteiger partial charge in [0.2, 0.25) is 5.28 Å². The number of nitrogens with zero attached hydrogens (tertiary/aromatic N) is 2. The van der Waals surface area contributed by atoms with E-state index >= 15 is 0 Å². The number of ether oxygens (including phenoxy) is 1. The maximum absolute atomic E-state index is 11.3. The SMILES string of the molecule is CCOC(=O)CCn1c(Cl)nc2ccccc21. The van der Waals surface area contributed by atoms with Crippen molar-refractivity contribution in [1.29, 1.82) is 0 Å². The van der Waals surface area contributed by atoms with E-state index in [4.69, 9.17) is 16.3 Å². The van der Waals surface area contributed by atoms with E-state index in [-0.39, 0.29) is 5.97 Å². The van der Waals surface area contributed by atoms with Crippen molar-refractivity contribution >= 4 is 28.6 Å². The van der Waals surface area contributed by atoms with Crippen molar-refractivity contribution in [1.82, 2.24) is 9.55 Å². The molecule has 0 N–H and O–H groups in total. The van der Waals surface area contributed by atoms with Gasteiger partial charge >= 0.3 is 5.97 Å². The fourth-order valence-electron chi connectivity index (χ4n) is 1.70. The standard InChI is InChI=1S/C12H13ClN2O2/c1-2-17-11(16)7-8-15-10-6-4-3-5-9(10)14-12(15)13/h3-6H,2,7-8H2,1H3. The Hall–Kier alpha value is -1.55. The molecule has 17 heavy (non-hydrogen) atoms. The highest BCUT2D eigenvalue weighted by atomic mass is 35.5. The predicted octanol–water partition coefficient (Wildman–Crippen LogP) is 2.64. The largest absolute Gasteiger partial charge is 0.466 e. The number of fused-ring (bicyclic) bond motifs is 1. The first-order valence-electron chi connectivity index (χ1n) is 5.48. The molecule has 1 heterocycles. The third-order valence-corrected chi connectivity index (χ3v) is 2.74. The minimum Gasteiger partial charge on any atom is -0.466 e. The van der Waals surface area contributed by atoms with Crippen LogP contribution >= 0.6 is 11.6 Å². The second-order valence-electron chi connectivity index (χ2n) is 3.58. The van der Waals surface area contributed by atoms with E-state index in [1.54, 1.807) is 6.92 Å². The van der Waals surface area contributed by atoms with Crippen LogP contribution in [0.3, 0.4) is 0 Å². The molecule has 90 valence electrons. The zero-order valence-electron chi connectivity index (χ0n) is 9.52. The van der Waals surface area contributed by atoms with Crippen molar-refractivity contribution in [3.8, 4) is 0 Å². The van der Waals surface area contributed by atoms with Gasteiger partial charge in [0.05, 0.1) is 24.1 Å². The van der Waals surface area contributed by atoms with E-state index in [1.807, 2.05) is 28.8 Å².